The van der Waals surface area contributed by atoms with Crippen molar-refractivity contribution in [3.05, 3.63) is 58.1 Å². The molecule has 0 amide bonds. The molecule has 5 nitrogen and oxygen atoms in total. The number of hydrogen-bond donors (Lipinski definition) is 3. The molecule has 2 aromatic rings. The van der Waals surface area contributed by atoms with Crippen molar-refractivity contribution in [1.82, 2.24) is 0 Å². The van der Waals surface area contributed by atoms with Crippen molar-refractivity contribution in [2.75, 3.05) is 0 Å². The fourth-order valence-electron chi connectivity index (χ4n) is 2.50. The standard InChI is InChI=1S/C16H12O5/c17-13-9-6-4-8(9)5-7-11(13)14(18)10-2-1-3-12(15(10)19)16(20)21/h1-3,5,7,17,19H,4,6H2,(H,20,21). The SMILES string of the molecule is O=C(O)c1cccc(C(=O)c2ccc3c(c2O)CC3)c1O. The minimum atomic E-state index is -1.32. The highest BCUT2D eigenvalue weighted by Gasteiger charge is 2.25. The molecular formula is C16H12O5. The van der Waals surface area contributed by atoms with Crippen molar-refractivity contribution in [2.24, 2.45) is 0 Å². The second-order valence-electron chi connectivity index (χ2n) is 4.94. The highest BCUT2D eigenvalue weighted by Crippen LogP contribution is 2.36. The Labute approximate surface area is 120 Å². The smallest absolute Gasteiger partial charge is 0.339 e. The number of phenols is 2. The molecule has 21 heavy (non-hydrogen) atoms. The predicted molar refractivity (Wildman–Crippen MR) is 74.0 cm³/mol. The quantitative estimate of drug-likeness (QED) is 0.750. The van der Waals surface area contributed by atoms with Crippen LogP contribution in [0.1, 0.15) is 37.4 Å². The summed E-state index contributed by atoms with van der Waals surface area (Å²) in [5.74, 6) is -2.58. The van der Waals surface area contributed by atoms with E-state index in [1.54, 1.807) is 6.07 Å². The molecule has 106 valence electrons. The van der Waals surface area contributed by atoms with Crippen LogP contribution in [0, 0.1) is 0 Å². The van der Waals surface area contributed by atoms with Gasteiger partial charge in [-0.2, -0.15) is 0 Å². The summed E-state index contributed by atoms with van der Waals surface area (Å²) in [6, 6.07) is 7.20. The maximum absolute atomic E-state index is 12.4. The van der Waals surface area contributed by atoms with Gasteiger partial charge in [0.1, 0.15) is 17.1 Å². The van der Waals surface area contributed by atoms with Crippen LogP contribution in [0.2, 0.25) is 0 Å². The molecule has 5 heteroatoms. The zero-order chi connectivity index (χ0) is 15.1. The minimum Gasteiger partial charge on any atom is -0.507 e. The van der Waals surface area contributed by atoms with Gasteiger partial charge in [-0.15, -0.1) is 0 Å². The Hall–Kier alpha value is -2.82. The molecule has 0 unspecified atom stereocenters. The second-order valence-corrected chi connectivity index (χ2v) is 4.94. The highest BCUT2D eigenvalue weighted by molar-refractivity contribution is 6.14. The van der Waals surface area contributed by atoms with E-state index in [0.29, 0.717) is 6.42 Å². The number of aromatic carboxylic acids is 1. The molecule has 2 aromatic carbocycles. The van der Waals surface area contributed by atoms with Gasteiger partial charge in [0.25, 0.3) is 0 Å². The molecule has 3 rings (SSSR count). The molecule has 0 radical (unpaired) electrons. The van der Waals surface area contributed by atoms with Crippen molar-refractivity contribution in [3.63, 3.8) is 0 Å². The number of hydrogen-bond acceptors (Lipinski definition) is 4. The summed E-state index contributed by atoms with van der Waals surface area (Å²) >= 11 is 0. The van der Waals surface area contributed by atoms with Gasteiger partial charge in [-0.25, -0.2) is 4.79 Å². The van der Waals surface area contributed by atoms with Gasteiger partial charge in [0, 0.05) is 0 Å². The lowest BCUT2D eigenvalue weighted by atomic mass is 9.84. The average Bonchev–Trinajstić information content (AvgIpc) is 2.40. The van der Waals surface area contributed by atoms with Gasteiger partial charge in [0.15, 0.2) is 5.78 Å². The molecule has 1 aliphatic rings. The molecule has 0 saturated heterocycles. The van der Waals surface area contributed by atoms with E-state index in [1.165, 1.54) is 24.3 Å². The van der Waals surface area contributed by atoms with Crippen molar-refractivity contribution in [2.45, 2.75) is 12.8 Å². The van der Waals surface area contributed by atoms with Crippen LogP contribution in [0.4, 0.5) is 0 Å². The van der Waals surface area contributed by atoms with E-state index in [4.69, 9.17) is 5.11 Å². The lowest BCUT2D eigenvalue weighted by Gasteiger charge is -2.21. The molecule has 0 fully saturated rings. The van der Waals surface area contributed by atoms with E-state index in [9.17, 15) is 19.8 Å². The third-order valence-electron chi connectivity index (χ3n) is 3.78. The van der Waals surface area contributed by atoms with E-state index >= 15 is 0 Å². The van der Waals surface area contributed by atoms with Gasteiger partial charge in [0.2, 0.25) is 0 Å². The Kier molecular flexibility index (Phi) is 2.90. The molecule has 0 spiro atoms. The average molecular weight is 284 g/mol. The third-order valence-corrected chi connectivity index (χ3v) is 3.78. The van der Waals surface area contributed by atoms with E-state index in [0.717, 1.165) is 17.5 Å². The number of ketones is 1. The Morgan fingerprint density at radius 3 is 2.14 bits per heavy atom. The number of benzene rings is 2. The summed E-state index contributed by atoms with van der Waals surface area (Å²) in [4.78, 5) is 23.4. The molecule has 1 aliphatic carbocycles. The first-order valence-corrected chi connectivity index (χ1v) is 6.44. The summed E-state index contributed by atoms with van der Waals surface area (Å²) in [5.41, 5.74) is 1.35. The zero-order valence-electron chi connectivity index (χ0n) is 11.0. The lowest BCUT2D eigenvalue weighted by molar-refractivity contribution is 0.0693. The lowest BCUT2D eigenvalue weighted by Crippen LogP contribution is -2.12. The molecule has 0 heterocycles. The summed E-state index contributed by atoms with van der Waals surface area (Å²) in [5, 5.41) is 29.0. The summed E-state index contributed by atoms with van der Waals surface area (Å²) in [6.45, 7) is 0. The van der Waals surface area contributed by atoms with Gasteiger partial charge in [0.05, 0.1) is 11.1 Å². The van der Waals surface area contributed by atoms with Crippen LogP contribution < -0.4 is 0 Å². The van der Waals surface area contributed by atoms with Crippen molar-refractivity contribution < 1.29 is 24.9 Å². The number of phenolic OH excluding ortho intramolecular Hbond substituents is 1. The molecule has 0 bridgehead atoms. The maximum atomic E-state index is 12.4. The topological polar surface area (TPSA) is 94.8 Å². The van der Waals surface area contributed by atoms with E-state index < -0.39 is 17.5 Å². The Morgan fingerprint density at radius 2 is 1.52 bits per heavy atom. The first kappa shape index (κ1) is 13.2. The number of aryl methyl sites for hydroxylation is 1. The van der Waals surface area contributed by atoms with Crippen molar-refractivity contribution >= 4 is 11.8 Å². The molecular weight excluding hydrogens is 272 g/mol. The van der Waals surface area contributed by atoms with Crippen molar-refractivity contribution in [3.8, 4) is 11.5 Å². The van der Waals surface area contributed by atoms with Crippen LogP contribution in [0.15, 0.2) is 30.3 Å². The minimum absolute atomic E-state index is 0.0753. The summed E-state index contributed by atoms with van der Waals surface area (Å²) < 4.78 is 0. The number of aromatic hydroxyl groups is 2. The normalized spacial score (nSPS) is 12.4. The molecule has 0 atom stereocenters. The molecule has 0 saturated carbocycles. The predicted octanol–water partition coefficient (Wildman–Crippen LogP) is 2.13. The number of carbonyl (C=O) groups is 2. The van der Waals surface area contributed by atoms with Gasteiger partial charge < -0.3 is 15.3 Å². The van der Waals surface area contributed by atoms with Gasteiger partial charge in [-0.1, -0.05) is 12.1 Å². The van der Waals surface area contributed by atoms with Crippen LogP contribution in [-0.4, -0.2) is 27.1 Å². The highest BCUT2D eigenvalue weighted by atomic mass is 16.4. The Bertz CT molecular complexity index is 776. The van der Waals surface area contributed by atoms with Gasteiger partial charge in [-0.05, 0) is 42.2 Å². The molecule has 0 aliphatic heterocycles. The van der Waals surface area contributed by atoms with E-state index in [-0.39, 0.29) is 22.4 Å². The number of carboxylic acid groups (broad SMARTS) is 1. The van der Waals surface area contributed by atoms with Crippen LogP contribution >= 0.6 is 0 Å². The molecule has 3 N–H and O–H groups in total. The van der Waals surface area contributed by atoms with Gasteiger partial charge >= 0.3 is 5.97 Å². The Morgan fingerprint density at radius 1 is 0.857 bits per heavy atom. The third kappa shape index (κ3) is 1.94. The van der Waals surface area contributed by atoms with Crippen LogP contribution in [0.5, 0.6) is 11.5 Å². The van der Waals surface area contributed by atoms with E-state index in [2.05, 4.69) is 0 Å². The van der Waals surface area contributed by atoms with Crippen LogP contribution in [0.25, 0.3) is 0 Å². The summed E-state index contributed by atoms with van der Waals surface area (Å²) in [7, 11) is 0. The second kappa shape index (κ2) is 4.63. The van der Waals surface area contributed by atoms with Crippen molar-refractivity contribution in [1.29, 1.82) is 0 Å². The van der Waals surface area contributed by atoms with Crippen LogP contribution in [0.3, 0.4) is 0 Å². The fourth-order valence-corrected chi connectivity index (χ4v) is 2.50. The monoisotopic (exact) mass is 284 g/mol. The number of carbonyl (C=O) groups excluding carboxylic acids is 1. The number of para-hydroxylation sites is 1. The number of carboxylic acids is 1. The molecule has 0 aromatic heterocycles. The zero-order valence-corrected chi connectivity index (χ0v) is 11.0. The fraction of sp³-hybridized carbons (Fsp3) is 0.125. The first-order valence-electron chi connectivity index (χ1n) is 6.44. The largest absolute Gasteiger partial charge is 0.507 e. The maximum Gasteiger partial charge on any atom is 0.339 e. The Balaban J connectivity index is 2.10. The van der Waals surface area contributed by atoms with Crippen LogP contribution in [-0.2, 0) is 12.8 Å². The van der Waals surface area contributed by atoms with E-state index in [1.807, 2.05) is 0 Å². The first-order chi connectivity index (χ1) is 10.0. The number of fused-ring (bicyclic) bond motifs is 1. The van der Waals surface area contributed by atoms with Gasteiger partial charge in [-0.3, -0.25) is 4.79 Å². The summed E-state index contributed by atoms with van der Waals surface area (Å²) in [6.07, 6.45) is 1.58. The number of rotatable bonds is 3.